The van der Waals surface area contributed by atoms with Gasteiger partial charge in [-0.15, -0.1) is 0 Å². The van der Waals surface area contributed by atoms with E-state index in [4.69, 9.17) is 0 Å². The number of aryl methyl sites for hydroxylation is 1. The monoisotopic (exact) mass is 400 g/mol. The van der Waals surface area contributed by atoms with Gasteiger partial charge in [0.25, 0.3) is 5.91 Å². The number of benzene rings is 1. The third-order valence-electron chi connectivity index (χ3n) is 4.33. The van der Waals surface area contributed by atoms with Gasteiger partial charge in [0.2, 0.25) is 0 Å². The Bertz CT molecular complexity index is 1150. The molecule has 0 bridgehead atoms. The van der Waals surface area contributed by atoms with Crippen molar-refractivity contribution in [2.75, 3.05) is 5.32 Å². The summed E-state index contributed by atoms with van der Waals surface area (Å²) in [7, 11) is 0. The van der Waals surface area contributed by atoms with Crippen LogP contribution >= 0.6 is 0 Å². The fourth-order valence-corrected chi connectivity index (χ4v) is 3.00. The number of fused-ring (bicyclic) bond motifs is 1. The van der Waals surface area contributed by atoms with Crippen LogP contribution in [0.15, 0.2) is 53.8 Å². The van der Waals surface area contributed by atoms with Gasteiger partial charge in [0.05, 0.1) is 17.5 Å². The Morgan fingerprint density at radius 2 is 2.07 bits per heavy atom. The molecule has 0 fully saturated rings. The molecule has 0 aliphatic carbocycles. The number of allylic oxidation sites excluding steroid dienone is 1. The van der Waals surface area contributed by atoms with Gasteiger partial charge in [0.1, 0.15) is 0 Å². The van der Waals surface area contributed by atoms with Gasteiger partial charge in [-0.05, 0) is 30.7 Å². The maximum absolute atomic E-state index is 13.4. The van der Waals surface area contributed by atoms with Gasteiger partial charge in [-0.1, -0.05) is 18.2 Å². The Morgan fingerprint density at radius 1 is 1.28 bits per heavy atom. The molecule has 2 N–H and O–H groups in total. The minimum Gasteiger partial charge on any atom is -0.362 e. The number of aliphatic imine (C=N–C) groups is 1. The Balaban J connectivity index is 1.76. The van der Waals surface area contributed by atoms with Crippen LogP contribution in [0.5, 0.6) is 0 Å². The molecule has 3 aromatic rings. The number of imidazole rings is 1. The van der Waals surface area contributed by atoms with Crippen molar-refractivity contribution in [3.05, 3.63) is 59.9 Å². The van der Waals surface area contributed by atoms with Crippen molar-refractivity contribution in [2.45, 2.75) is 19.3 Å². The van der Waals surface area contributed by atoms with Crippen LogP contribution in [0.25, 0.3) is 16.9 Å². The minimum absolute atomic E-state index is 0.0559. The highest BCUT2D eigenvalue weighted by atomic mass is 19.4. The SMILES string of the molecule is Cc1cc(-c2ccccc2C(F)(F)F)nn2c(NC(=O)C3N=CC=CN3)cnc12. The van der Waals surface area contributed by atoms with Crippen molar-refractivity contribution in [1.29, 1.82) is 0 Å². The fraction of sp³-hybridized carbons (Fsp3) is 0.158. The van der Waals surface area contributed by atoms with Gasteiger partial charge in [-0.25, -0.2) is 4.98 Å². The Labute approximate surface area is 163 Å². The predicted molar refractivity (Wildman–Crippen MR) is 101 cm³/mol. The number of nitrogens with one attached hydrogen (secondary N) is 2. The van der Waals surface area contributed by atoms with E-state index in [9.17, 15) is 18.0 Å². The lowest BCUT2D eigenvalue weighted by Gasteiger charge is -2.15. The standard InChI is InChI=1S/C19H15F3N6O/c1-11-9-14(12-5-2-3-6-13(12)19(20,21)22)27-28-15(10-25-17(11)28)26-18(29)16-23-7-4-8-24-16/h2-10,16,23H,1H3,(H,26,29). The van der Waals surface area contributed by atoms with Crippen LogP contribution in [0.4, 0.5) is 19.0 Å². The zero-order valence-electron chi connectivity index (χ0n) is 15.1. The van der Waals surface area contributed by atoms with Crippen LogP contribution in [0.2, 0.25) is 0 Å². The second kappa shape index (κ2) is 7.04. The van der Waals surface area contributed by atoms with E-state index < -0.39 is 23.8 Å². The number of hydrogen-bond donors (Lipinski definition) is 2. The summed E-state index contributed by atoms with van der Waals surface area (Å²) < 4.78 is 41.6. The summed E-state index contributed by atoms with van der Waals surface area (Å²) in [5.74, 6) is -0.223. The first-order valence-electron chi connectivity index (χ1n) is 8.62. The predicted octanol–water partition coefficient (Wildman–Crippen LogP) is 3.18. The number of halogens is 3. The summed E-state index contributed by atoms with van der Waals surface area (Å²) in [4.78, 5) is 20.6. The zero-order valence-corrected chi connectivity index (χ0v) is 15.1. The quantitative estimate of drug-likeness (QED) is 0.707. The number of carbonyl (C=O) groups is 1. The Kier molecular flexibility index (Phi) is 4.53. The number of nitrogens with zero attached hydrogens (tertiary/aromatic N) is 4. The molecule has 1 unspecified atom stereocenters. The maximum atomic E-state index is 13.4. The smallest absolute Gasteiger partial charge is 0.362 e. The third kappa shape index (κ3) is 3.56. The molecule has 0 spiro atoms. The molecular weight excluding hydrogens is 385 g/mol. The second-order valence-corrected chi connectivity index (χ2v) is 6.35. The molecule has 1 amide bonds. The number of aromatic nitrogens is 3. The van der Waals surface area contributed by atoms with E-state index in [1.807, 2.05) is 0 Å². The lowest BCUT2D eigenvalue weighted by Crippen LogP contribution is -2.37. The first kappa shape index (κ1) is 18.7. The van der Waals surface area contributed by atoms with E-state index in [1.165, 1.54) is 41.2 Å². The molecule has 1 aliphatic rings. The molecule has 29 heavy (non-hydrogen) atoms. The van der Waals surface area contributed by atoms with Crippen molar-refractivity contribution >= 4 is 23.6 Å². The van der Waals surface area contributed by atoms with Crippen molar-refractivity contribution in [2.24, 2.45) is 4.99 Å². The van der Waals surface area contributed by atoms with Gasteiger partial charge in [0, 0.05) is 18.0 Å². The number of amides is 1. The summed E-state index contributed by atoms with van der Waals surface area (Å²) in [5, 5.41) is 9.74. The number of rotatable bonds is 3. The van der Waals surface area contributed by atoms with Gasteiger partial charge >= 0.3 is 6.18 Å². The number of anilines is 1. The van der Waals surface area contributed by atoms with E-state index in [-0.39, 0.29) is 17.1 Å². The molecule has 0 saturated carbocycles. The molecule has 1 aliphatic heterocycles. The van der Waals surface area contributed by atoms with Gasteiger partial charge < -0.3 is 10.6 Å². The molecule has 7 nitrogen and oxygen atoms in total. The van der Waals surface area contributed by atoms with Crippen LogP contribution in [0.1, 0.15) is 11.1 Å². The molecule has 1 atom stereocenters. The summed E-state index contributed by atoms with van der Waals surface area (Å²) in [6, 6.07) is 6.75. The van der Waals surface area contributed by atoms with E-state index in [0.717, 1.165) is 6.07 Å². The average Bonchev–Trinajstić information content (AvgIpc) is 3.11. The highest BCUT2D eigenvalue weighted by Gasteiger charge is 2.34. The first-order chi connectivity index (χ1) is 13.8. The number of alkyl halides is 3. The Hall–Kier alpha value is -3.69. The second-order valence-electron chi connectivity index (χ2n) is 6.35. The number of carbonyl (C=O) groups excluding carboxylic acids is 1. The molecule has 0 saturated heterocycles. The van der Waals surface area contributed by atoms with Crippen LogP contribution < -0.4 is 10.6 Å². The first-order valence-corrected chi connectivity index (χ1v) is 8.62. The third-order valence-corrected chi connectivity index (χ3v) is 4.33. The van der Waals surface area contributed by atoms with Crippen molar-refractivity contribution in [3.63, 3.8) is 0 Å². The van der Waals surface area contributed by atoms with Crippen LogP contribution in [0, 0.1) is 6.92 Å². The van der Waals surface area contributed by atoms with E-state index in [2.05, 4.69) is 25.7 Å². The lowest BCUT2D eigenvalue weighted by molar-refractivity contribution is -0.137. The maximum Gasteiger partial charge on any atom is 0.417 e. The van der Waals surface area contributed by atoms with Crippen molar-refractivity contribution in [1.82, 2.24) is 19.9 Å². The van der Waals surface area contributed by atoms with E-state index in [0.29, 0.717) is 11.2 Å². The average molecular weight is 400 g/mol. The topological polar surface area (TPSA) is 83.7 Å². The normalized spacial score (nSPS) is 16.1. The van der Waals surface area contributed by atoms with E-state index >= 15 is 0 Å². The van der Waals surface area contributed by atoms with Crippen molar-refractivity contribution in [3.8, 4) is 11.3 Å². The van der Waals surface area contributed by atoms with E-state index in [1.54, 1.807) is 19.2 Å². The minimum atomic E-state index is -4.52. The lowest BCUT2D eigenvalue weighted by atomic mass is 10.0. The summed E-state index contributed by atoms with van der Waals surface area (Å²) in [6.07, 6.45) is 0.776. The number of hydrogen-bond acceptors (Lipinski definition) is 5. The van der Waals surface area contributed by atoms with Crippen LogP contribution in [-0.2, 0) is 11.0 Å². The molecule has 3 heterocycles. The van der Waals surface area contributed by atoms with Gasteiger partial charge in [-0.3, -0.25) is 9.79 Å². The summed E-state index contributed by atoms with van der Waals surface area (Å²) in [6.45, 7) is 1.72. The highest BCUT2D eigenvalue weighted by Crippen LogP contribution is 2.36. The zero-order chi connectivity index (χ0) is 20.6. The molecular formula is C19H15F3N6O. The molecule has 0 radical (unpaired) electrons. The summed E-state index contributed by atoms with van der Waals surface area (Å²) in [5.41, 5.74) is 0.315. The van der Waals surface area contributed by atoms with Gasteiger partial charge in [-0.2, -0.15) is 22.8 Å². The van der Waals surface area contributed by atoms with Crippen LogP contribution in [-0.4, -0.2) is 32.9 Å². The summed E-state index contributed by atoms with van der Waals surface area (Å²) >= 11 is 0. The molecule has 4 rings (SSSR count). The van der Waals surface area contributed by atoms with Crippen molar-refractivity contribution < 1.29 is 18.0 Å². The molecule has 1 aromatic carbocycles. The molecule has 2 aromatic heterocycles. The molecule has 148 valence electrons. The van der Waals surface area contributed by atoms with Crippen LogP contribution in [0.3, 0.4) is 0 Å². The highest BCUT2D eigenvalue weighted by molar-refractivity contribution is 5.96. The Morgan fingerprint density at radius 3 is 2.79 bits per heavy atom. The molecule has 10 heteroatoms. The fourth-order valence-electron chi connectivity index (χ4n) is 3.00. The van der Waals surface area contributed by atoms with Gasteiger partial charge in [0.15, 0.2) is 17.6 Å². The largest absolute Gasteiger partial charge is 0.417 e.